The van der Waals surface area contributed by atoms with Gasteiger partial charge in [-0.3, -0.25) is 0 Å². The quantitative estimate of drug-likeness (QED) is 0.269. The van der Waals surface area contributed by atoms with E-state index in [1.807, 2.05) is 0 Å². The van der Waals surface area contributed by atoms with Gasteiger partial charge in [0.1, 0.15) is 11.7 Å². The molecule has 6 nitrogen and oxygen atoms in total. The maximum atomic E-state index is 9.67. The van der Waals surface area contributed by atoms with Crippen LogP contribution in [0.5, 0.6) is 0 Å². The van der Waals surface area contributed by atoms with Gasteiger partial charge in [0.2, 0.25) is 0 Å². The summed E-state index contributed by atoms with van der Waals surface area (Å²) in [5, 5.41) is 46.0. The van der Waals surface area contributed by atoms with E-state index in [9.17, 15) is 15.3 Å². The third-order valence-electron chi connectivity index (χ3n) is 2.79. The van der Waals surface area contributed by atoms with Crippen LogP contribution < -0.4 is 5.73 Å². The summed E-state index contributed by atoms with van der Waals surface area (Å²) in [6.07, 6.45) is -2.85. The fourth-order valence-corrected chi connectivity index (χ4v) is 1.79. The minimum atomic E-state index is -1.91. The molecule has 0 aliphatic heterocycles. The van der Waals surface area contributed by atoms with Gasteiger partial charge in [0.15, 0.2) is 0 Å². The van der Waals surface area contributed by atoms with Crippen molar-refractivity contribution in [2.45, 2.75) is 23.9 Å². The Balaban J connectivity index is 2.93. The maximum absolute atomic E-state index is 9.67. The fourth-order valence-electron chi connectivity index (χ4n) is 1.79. The minimum Gasteiger partial charge on any atom is -0.396 e. The van der Waals surface area contributed by atoms with Crippen LogP contribution in [0.25, 0.3) is 0 Å². The predicted octanol–water partition coefficient (Wildman–Crippen LogP) is -3.62. The molecule has 0 bridgehead atoms. The molecule has 0 radical (unpaired) electrons. The van der Waals surface area contributed by atoms with Gasteiger partial charge >= 0.3 is 0 Å². The molecule has 0 spiro atoms. The van der Waals surface area contributed by atoms with Gasteiger partial charge in [-0.1, -0.05) is 0 Å². The van der Waals surface area contributed by atoms with E-state index in [1.165, 1.54) is 0 Å². The summed E-state index contributed by atoms with van der Waals surface area (Å²) in [5.74, 6) is -0.914. The van der Waals surface area contributed by atoms with Crippen molar-refractivity contribution in [3.05, 3.63) is 0 Å². The zero-order valence-electron chi connectivity index (χ0n) is 7.04. The van der Waals surface area contributed by atoms with Gasteiger partial charge < -0.3 is 31.3 Å². The lowest BCUT2D eigenvalue weighted by Gasteiger charge is -2.30. The van der Waals surface area contributed by atoms with E-state index in [2.05, 4.69) is 0 Å². The first-order chi connectivity index (χ1) is 5.99. The van der Waals surface area contributed by atoms with Gasteiger partial charge in [0.05, 0.1) is 19.3 Å². The van der Waals surface area contributed by atoms with E-state index in [0.29, 0.717) is 0 Å². The van der Waals surface area contributed by atoms with Gasteiger partial charge in [-0.05, 0) is 0 Å². The van der Waals surface area contributed by atoms with Crippen LogP contribution in [0.4, 0.5) is 0 Å². The van der Waals surface area contributed by atoms with E-state index < -0.39 is 43.0 Å². The number of nitrogens with two attached hydrogens (primary N) is 1. The first-order valence-corrected chi connectivity index (χ1v) is 4.04. The first-order valence-electron chi connectivity index (χ1n) is 4.04. The second-order valence-electron chi connectivity index (χ2n) is 3.45. The van der Waals surface area contributed by atoms with Crippen LogP contribution >= 0.6 is 0 Å². The number of aliphatic hydroxyl groups excluding tert-OH is 4. The van der Waals surface area contributed by atoms with Crippen LogP contribution in [0.1, 0.15) is 0 Å². The molecular weight excluding hydrogens is 178 g/mol. The molecule has 1 aliphatic carbocycles. The lowest BCUT2D eigenvalue weighted by molar-refractivity contribution is -0.134. The molecule has 0 saturated heterocycles. The van der Waals surface area contributed by atoms with Crippen LogP contribution in [-0.4, -0.2) is 62.6 Å². The van der Waals surface area contributed by atoms with Gasteiger partial charge in [-0.2, -0.15) is 0 Å². The first kappa shape index (κ1) is 10.8. The Hall–Kier alpha value is -0.240. The molecule has 6 heteroatoms. The molecule has 1 aliphatic rings. The summed E-state index contributed by atoms with van der Waals surface area (Å²) in [4.78, 5) is 0. The second kappa shape index (κ2) is 3.49. The highest BCUT2D eigenvalue weighted by Gasteiger charge is 2.57. The van der Waals surface area contributed by atoms with E-state index in [1.54, 1.807) is 0 Å². The summed E-state index contributed by atoms with van der Waals surface area (Å²) in [5.41, 5.74) is 3.52. The summed E-state index contributed by atoms with van der Waals surface area (Å²) in [7, 11) is 0. The molecule has 78 valence electrons. The molecule has 7 N–H and O–H groups in total. The fraction of sp³-hybridized carbons (Fsp3) is 1.00. The molecule has 0 aromatic heterocycles. The Labute approximate surface area is 75.2 Å². The van der Waals surface area contributed by atoms with E-state index in [4.69, 9.17) is 15.9 Å². The lowest BCUT2D eigenvalue weighted by atomic mass is 9.89. The van der Waals surface area contributed by atoms with Crippen molar-refractivity contribution < 1.29 is 25.5 Å². The van der Waals surface area contributed by atoms with E-state index in [-0.39, 0.29) is 0 Å². The van der Waals surface area contributed by atoms with Gasteiger partial charge in [0.25, 0.3) is 0 Å². The zero-order chi connectivity index (χ0) is 10.2. The molecule has 1 saturated carbocycles. The summed E-state index contributed by atoms with van der Waals surface area (Å²) in [6.45, 7) is -1.24. The minimum absolute atomic E-state index is 0.494. The van der Waals surface area contributed by atoms with Crippen molar-refractivity contribution in [3.63, 3.8) is 0 Å². The Morgan fingerprint density at radius 3 is 2.08 bits per heavy atom. The molecule has 13 heavy (non-hydrogen) atoms. The summed E-state index contributed by atoms with van der Waals surface area (Å²) < 4.78 is 0. The molecule has 0 aromatic carbocycles. The average Bonchev–Trinajstić information content (AvgIpc) is 2.29. The second-order valence-corrected chi connectivity index (χ2v) is 3.45. The maximum Gasteiger partial charge on any atom is 0.123 e. The largest absolute Gasteiger partial charge is 0.396 e. The van der Waals surface area contributed by atoms with Crippen LogP contribution in [0.2, 0.25) is 0 Å². The highest BCUT2D eigenvalue weighted by Crippen LogP contribution is 2.34. The van der Waals surface area contributed by atoms with Crippen molar-refractivity contribution >= 4 is 0 Å². The van der Waals surface area contributed by atoms with Crippen LogP contribution in [0.15, 0.2) is 0 Å². The number of aliphatic hydroxyl groups is 5. The van der Waals surface area contributed by atoms with Crippen molar-refractivity contribution in [2.75, 3.05) is 13.2 Å². The average molecular weight is 193 g/mol. The molecule has 0 heterocycles. The van der Waals surface area contributed by atoms with Gasteiger partial charge in [-0.25, -0.2) is 0 Å². The van der Waals surface area contributed by atoms with Crippen molar-refractivity contribution in [1.82, 2.24) is 0 Å². The smallest absolute Gasteiger partial charge is 0.123 e. The van der Waals surface area contributed by atoms with Crippen molar-refractivity contribution in [3.8, 4) is 0 Å². The van der Waals surface area contributed by atoms with Crippen LogP contribution in [-0.2, 0) is 0 Å². The molecular formula is C7H15NO5. The summed E-state index contributed by atoms with van der Waals surface area (Å²) in [6, 6.07) is -0.933. The molecule has 0 aromatic rings. The topological polar surface area (TPSA) is 127 Å². The van der Waals surface area contributed by atoms with Crippen molar-refractivity contribution in [1.29, 1.82) is 0 Å². The Bertz CT molecular complexity index is 190. The molecule has 0 unspecified atom stereocenters. The Kier molecular flexibility index (Phi) is 2.91. The predicted molar refractivity (Wildman–Crippen MR) is 42.6 cm³/mol. The third-order valence-corrected chi connectivity index (χ3v) is 2.79. The highest BCUT2D eigenvalue weighted by molar-refractivity contribution is 5.10. The lowest BCUT2D eigenvalue weighted by Crippen LogP contribution is -2.50. The standard InChI is InChI=1S/C7H15NO5/c8-4-3(1-9)7(13,2-10)6(12)5(4)11/h3-6,9-13H,1-2,8H2/t3-,4+,5+,6-,7-/m1/s1. The normalized spacial score (nSPS) is 51.2. The van der Waals surface area contributed by atoms with E-state index >= 15 is 0 Å². The van der Waals surface area contributed by atoms with Gasteiger partial charge in [-0.15, -0.1) is 0 Å². The Morgan fingerprint density at radius 2 is 1.77 bits per heavy atom. The monoisotopic (exact) mass is 193 g/mol. The molecule has 0 amide bonds. The SMILES string of the molecule is N[C@@H]1[C@H](O)[C@@H](O)[C@@](O)(CO)[C@@H]1CO. The van der Waals surface area contributed by atoms with Crippen molar-refractivity contribution in [2.24, 2.45) is 11.7 Å². The van der Waals surface area contributed by atoms with Crippen LogP contribution in [0, 0.1) is 5.92 Å². The summed E-state index contributed by atoms with van der Waals surface area (Å²) >= 11 is 0. The zero-order valence-corrected chi connectivity index (χ0v) is 7.04. The molecule has 1 fully saturated rings. The Morgan fingerprint density at radius 1 is 1.23 bits per heavy atom. The number of hydrogen-bond donors (Lipinski definition) is 6. The molecule has 5 atom stereocenters. The highest BCUT2D eigenvalue weighted by atomic mass is 16.4. The number of hydrogen-bond acceptors (Lipinski definition) is 6. The molecule has 1 rings (SSSR count). The third kappa shape index (κ3) is 1.35. The van der Waals surface area contributed by atoms with E-state index in [0.717, 1.165) is 0 Å². The van der Waals surface area contributed by atoms with Gasteiger partial charge in [0, 0.05) is 12.0 Å². The number of rotatable bonds is 2. The van der Waals surface area contributed by atoms with Crippen LogP contribution in [0.3, 0.4) is 0 Å².